The molecule has 1 fully saturated rings. The molecular weight excluding hydrogens is 420 g/mol. The molecule has 6 nitrogen and oxygen atoms in total. The number of carbonyl (C=O) groups excluding carboxylic acids is 1. The molecule has 0 atom stereocenters. The molecule has 28 heavy (non-hydrogen) atoms. The van der Waals surface area contributed by atoms with Gasteiger partial charge < -0.3 is 4.90 Å². The zero-order chi connectivity index (χ0) is 19.7. The topological polar surface area (TPSA) is 68.1 Å². The van der Waals surface area contributed by atoms with Crippen molar-refractivity contribution in [3.8, 4) is 0 Å². The highest BCUT2D eigenvalue weighted by atomic mass is 79.9. The standard InChI is InChI=1S/C21H21BrN4O2/c1-14-24-19-5-3-2-4-18(19)21(28)26(14)13-15-6-8-25(9-7-15)20(27)16-10-17(22)12-23-11-16/h2-5,10-12,15H,6-9,13H2,1H3. The van der Waals surface area contributed by atoms with Gasteiger partial charge >= 0.3 is 0 Å². The number of pyridine rings is 1. The fraction of sp³-hybridized carbons (Fsp3) is 0.333. The number of hydrogen-bond donors (Lipinski definition) is 0. The number of aryl methyl sites for hydroxylation is 1. The fourth-order valence-electron chi connectivity index (χ4n) is 3.78. The lowest BCUT2D eigenvalue weighted by molar-refractivity contribution is 0.0681. The molecule has 3 aromatic rings. The van der Waals surface area contributed by atoms with Gasteiger partial charge in [-0.2, -0.15) is 0 Å². The van der Waals surface area contributed by atoms with Gasteiger partial charge in [0.2, 0.25) is 0 Å². The number of rotatable bonds is 3. The summed E-state index contributed by atoms with van der Waals surface area (Å²) in [5.41, 5.74) is 1.35. The van der Waals surface area contributed by atoms with Crippen LogP contribution in [0.3, 0.4) is 0 Å². The van der Waals surface area contributed by atoms with Crippen LogP contribution in [0.15, 0.2) is 52.0 Å². The summed E-state index contributed by atoms with van der Waals surface area (Å²) in [6.07, 6.45) is 5.00. The average Bonchev–Trinajstić information content (AvgIpc) is 2.71. The number of amides is 1. The van der Waals surface area contributed by atoms with E-state index in [0.29, 0.717) is 36.5 Å². The lowest BCUT2D eigenvalue weighted by Crippen LogP contribution is -2.40. The summed E-state index contributed by atoms with van der Waals surface area (Å²) >= 11 is 3.36. The molecule has 1 amide bonds. The number of hydrogen-bond acceptors (Lipinski definition) is 4. The van der Waals surface area contributed by atoms with Gasteiger partial charge in [-0.05, 0) is 59.8 Å². The summed E-state index contributed by atoms with van der Waals surface area (Å²) in [6.45, 7) is 3.89. The molecule has 0 aliphatic carbocycles. The minimum absolute atomic E-state index is 0.00738. The van der Waals surface area contributed by atoms with Crippen molar-refractivity contribution in [3.63, 3.8) is 0 Å². The normalized spacial score (nSPS) is 15.1. The van der Waals surface area contributed by atoms with E-state index in [2.05, 4.69) is 25.9 Å². The third-order valence-corrected chi connectivity index (χ3v) is 5.78. The van der Waals surface area contributed by atoms with Gasteiger partial charge in [-0.15, -0.1) is 0 Å². The van der Waals surface area contributed by atoms with E-state index in [-0.39, 0.29) is 11.5 Å². The van der Waals surface area contributed by atoms with Crippen molar-refractivity contribution < 1.29 is 4.79 Å². The summed E-state index contributed by atoms with van der Waals surface area (Å²) in [5.74, 6) is 1.10. The molecule has 0 spiro atoms. The van der Waals surface area contributed by atoms with Crippen LogP contribution in [0.1, 0.15) is 29.0 Å². The van der Waals surface area contributed by atoms with Gasteiger partial charge in [-0.1, -0.05) is 12.1 Å². The van der Waals surface area contributed by atoms with E-state index in [1.54, 1.807) is 23.0 Å². The zero-order valence-electron chi connectivity index (χ0n) is 15.6. The fourth-order valence-corrected chi connectivity index (χ4v) is 4.15. The predicted molar refractivity (Wildman–Crippen MR) is 111 cm³/mol. The van der Waals surface area contributed by atoms with Crippen molar-refractivity contribution in [2.75, 3.05) is 13.1 Å². The summed E-state index contributed by atoms with van der Waals surface area (Å²) in [7, 11) is 0. The molecule has 0 radical (unpaired) electrons. The van der Waals surface area contributed by atoms with E-state index in [9.17, 15) is 9.59 Å². The highest BCUT2D eigenvalue weighted by Gasteiger charge is 2.25. The maximum atomic E-state index is 12.9. The first-order chi connectivity index (χ1) is 13.5. The summed E-state index contributed by atoms with van der Waals surface area (Å²) in [4.78, 5) is 36.1. The number of fused-ring (bicyclic) bond motifs is 1. The summed E-state index contributed by atoms with van der Waals surface area (Å²) in [5, 5.41) is 0.655. The minimum Gasteiger partial charge on any atom is -0.339 e. The molecule has 1 aliphatic rings. The molecule has 1 aliphatic heterocycles. The van der Waals surface area contributed by atoms with Crippen LogP contribution < -0.4 is 5.56 Å². The number of halogens is 1. The van der Waals surface area contributed by atoms with Crippen LogP contribution in [0, 0.1) is 12.8 Å². The number of carbonyl (C=O) groups is 1. The molecule has 1 saturated heterocycles. The molecule has 144 valence electrons. The number of para-hydroxylation sites is 1. The highest BCUT2D eigenvalue weighted by Crippen LogP contribution is 2.22. The first-order valence-electron chi connectivity index (χ1n) is 9.39. The van der Waals surface area contributed by atoms with Crippen molar-refractivity contribution in [2.24, 2.45) is 5.92 Å². The lowest BCUT2D eigenvalue weighted by atomic mass is 9.96. The Labute approximate surface area is 171 Å². The minimum atomic E-state index is 0.00738. The number of piperidine rings is 1. The molecule has 1 aromatic carbocycles. The first-order valence-corrected chi connectivity index (χ1v) is 10.2. The van der Waals surface area contributed by atoms with E-state index >= 15 is 0 Å². The number of aromatic nitrogens is 3. The van der Waals surface area contributed by atoms with Crippen molar-refractivity contribution in [1.29, 1.82) is 0 Å². The molecule has 2 aromatic heterocycles. The average molecular weight is 441 g/mol. The predicted octanol–water partition coefficient (Wildman–Crippen LogP) is 3.41. The second kappa shape index (κ2) is 7.83. The largest absolute Gasteiger partial charge is 0.339 e. The van der Waals surface area contributed by atoms with Crippen molar-refractivity contribution in [3.05, 3.63) is 68.9 Å². The first kappa shape index (κ1) is 18.8. The Morgan fingerprint density at radius 2 is 1.96 bits per heavy atom. The number of likely N-dealkylation sites (tertiary alicyclic amines) is 1. The second-order valence-corrected chi connectivity index (χ2v) is 8.14. The van der Waals surface area contributed by atoms with Gasteiger partial charge in [-0.25, -0.2) is 4.98 Å². The van der Waals surface area contributed by atoms with E-state index in [0.717, 1.165) is 28.7 Å². The van der Waals surface area contributed by atoms with Crippen LogP contribution in [0.5, 0.6) is 0 Å². The Morgan fingerprint density at radius 3 is 2.71 bits per heavy atom. The van der Waals surface area contributed by atoms with E-state index in [1.807, 2.05) is 36.1 Å². The van der Waals surface area contributed by atoms with Gasteiger partial charge in [0.15, 0.2) is 0 Å². The second-order valence-electron chi connectivity index (χ2n) is 7.22. The third-order valence-electron chi connectivity index (χ3n) is 5.35. The SMILES string of the molecule is Cc1nc2ccccc2c(=O)n1CC1CCN(C(=O)c2cncc(Br)c2)CC1. The number of benzene rings is 1. The van der Waals surface area contributed by atoms with Gasteiger partial charge in [0.05, 0.1) is 16.5 Å². The smallest absolute Gasteiger partial charge is 0.261 e. The maximum Gasteiger partial charge on any atom is 0.261 e. The zero-order valence-corrected chi connectivity index (χ0v) is 17.2. The Kier molecular flexibility index (Phi) is 5.26. The van der Waals surface area contributed by atoms with Gasteiger partial charge in [0.1, 0.15) is 5.82 Å². The maximum absolute atomic E-state index is 12.9. The van der Waals surface area contributed by atoms with Gasteiger partial charge in [0, 0.05) is 36.5 Å². The van der Waals surface area contributed by atoms with Crippen molar-refractivity contribution >= 4 is 32.7 Å². The van der Waals surface area contributed by atoms with Crippen LogP contribution in [-0.2, 0) is 6.54 Å². The third kappa shape index (κ3) is 3.71. The van der Waals surface area contributed by atoms with Crippen LogP contribution in [0.2, 0.25) is 0 Å². The Balaban J connectivity index is 1.46. The molecule has 0 saturated carbocycles. The summed E-state index contributed by atoms with van der Waals surface area (Å²) in [6, 6.07) is 9.26. The molecular formula is C21H21BrN4O2. The molecule has 7 heteroatoms. The monoisotopic (exact) mass is 440 g/mol. The van der Waals surface area contributed by atoms with Crippen LogP contribution >= 0.6 is 15.9 Å². The Hall–Kier alpha value is -2.54. The van der Waals surface area contributed by atoms with E-state index < -0.39 is 0 Å². The Morgan fingerprint density at radius 1 is 1.21 bits per heavy atom. The molecule has 0 N–H and O–H groups in total. The summed E-state index contributed by atoms with van der Waals surface area (Å²) < 4.78 is 2.58. The highest BCUT2D eigenvalue weighted by molar-refractivity contribution is 9.10. The van der Waals surface area contributed by atoms with E-state index in [1.165, 1.54) is 0 Å². The molecule has 0 unspecified atom stereocenters. The molecule has 0 bridgehead atoms. The molecule has 3 heterocycles. The van der Waals surface area contributed by atoms with Crippen molar-refractivity contribution in [2.45, 2.75) is 26.3 Å². The Bertz CT molecular complexity index is 1090. The lowest BCUT2D eigenvalue weighted by Gasteiger charge is -2.32. The number of nitrogens with zero attached hydrogens (tertiary/aromatic N) is 4. The van der Waals surface area contributed by atoms with Crippen LogP contribution in [0.25, 0.3) is 10.9 Å². The van der Waals surface area contributed by atoms with Gasteiger partial charge in [0.25, 0.3) is 11.5 Å². The van der Waals surface area contributed by atoms with Crippen LogP contribution in [0.4, 0.5) is 0 Å². The van der Waals surface area contributed by atoms with Crippen LogP contribution in [-0.4, -0.2) is 38.4 Å². The molecule has 4 rings (SSSR count). The van der Waals surface area contributed by atoms with E-state index in [4.69, 9.17) is 0 Å². The quantitative estimate of drug-likeness (QED) is 0.625. The van der Waals surface area contributed by atoms with Crippen molar-refractivity contribution in [1.82, 2.24) is 19.4 Å². The van der Waals surface area contributed by atoms with Gasteiger partial charge in [-0.3, -0.25) is 19.1 Å².